The first-order valence-corrected chi connectivity index (χ1v) is 6.99. The molecule has 1 aromatic heterocycles. The summed E-state index contributed by atoms with van der Waals surface area (Å²) in [4.78, 5) is 37.3. The van der Waals surface area contributed by atoms with Gasteiger partial charge in [0.25, 0.3) is 5.91 Å². The molecule has 0 bridgehead atoms. The van der Waals surface area contributed by atoms with E-state index in [1.54, 1.807) is 6.92 Å². The highest BCUT2D eigenvalue weighted by Gasteiger charge is 2.17. The average Bonchev–Trinajstić information content (AvgIpc) is 2.34. The van der Waals surface area contributed by atoms with Gasteiger partial charge in [-0.1, -0.05) is 13.8 Å². The van der Waals surface area contributed by atoms with Crippen LogP contribution in [0.1, 0.15) is 42.7 Å². The molecule has 116 valence electrons. The molecule has 21 heavy (non-hydrogen) atoms. The summed E-state index contributed by atoms with van der Waals surface area (Å²) in [6.45, 7) is 5.98. The Morgan fingerprint density at radius 1 is 1.38 bits per heavy atom. The van der Waals surface area contributed by atoms with E-state index < -0.39 is 11.9 Å². The number of hydrogen-bond acceptors (Lipinski definition) is 3. The van der Waals surface area contributed by atoms with Crippen LogP contribution in [0.5, 0.6) is 0 Å². The maximum Gasteiger partial charge on any atom is 0.303 e. The average molecular weight is 294 g/mol. The molecule has 0 radical (unpaired) electrons. The Labute approximate surface area is 123 Å². The largest absolute Gasteiger partial charge is 0.481 e. The van der Waals surface area contributed by atoms with Crippen LogP contribution in [0.2, 0.25) is 0 Å². The van der Waals surface area contributed by atoms with E-state index in [0.29, 0.717) is 18.0 Å². The molecule has 1 rings (SSSR count). The van der Waals surface area contributed by atoms with Gasteiger partial charge in [0, 0.05) is 30.9 Å². The maximum absolute atomic E-state index is 12.0. The number of carboxylic acid groups (broad SMARTS) is 1. The summed E-state index contributed by atoms with van der Waals surface area (Å²) in [5, 5.41) is 11.5. The summed E-state index contributed by atoms with van der Waals surface area (Å²) < 4.78 is 0. The molecule has 0 aliphatic heterocycles. The molecule has 0 unspecified atom stereocenters. The number of aromatic nitrogens is 1. The lowest BCUT2D eigenvalue weighted by Crippen LogP contribution is -2.33. The molecular formula is C15H22N2O4. The van der Waals surface area contributed by atoms with Gasteiger partial charge in [0.15, 0.2) is 5.43 Å². The zero-order chi connectivity index (χ0) is 16.0. The van der Waals surface area contributed by atoms with Crippen LogP contribution in [0.3, 0.4) is 0 Å². The minimum Gasteiger partial charge on any atom is -0.481 e. The van der Waals surface area contributed by atoms with Gasteiger partial charge in [-0.15, -0.1) is 0 Å². The van der Waals surface area contributed by atoms with Gasteiger partial charge < -0.3 is 15.4 Å². The quantitative estimate of drug-likeness (QED) is 0.710. The topological polar surface area (TPSA) is 99.3 Å². The molecule has 0 saturated carbocycles. The normalized spacial score (nSPS) is 12.2. The number of pyridine rings is 1. The highest BCUT2D eigenvalue weighted by molar-refractivity contribution is 5.93. The van der Waals surface area contributed by atoms with Crippen molar-refractivity contribution in [1.82, 2.24) is 10.3 Å². The molecule has 1 aromatic rings. The number of hydrogen-bond donors (Lipinski definition) is 3. The molecule has 0 spiro atoms. The van der Waals surface area contributed by atoms with Crippen molar-refractivity contribution in [2.45, 2.75) is 33.6 Å². The van der Waals surface area contributed by atoms with Crippen LogP contribution in [0.4, 0.5) is 0 Å². The van der Waals surface area contributed by atoms with Crippen LogP contribution in [0, 0.1) is 18.8 Å². The minimum absolute atomic E-state index is 0.00269. The number of carbonyl (C=O) groups is 2. The molecule has 0 fully saturated rings. The van der Waals surface area contributed by atoms with Crippen molar-refractivity contribution < 1.29 is 14.7 Å². The number of aliphatic carboxylic acids is 1. The van der Waals surface area contributed by atoms with E-state index in [1.165, 1.54) is 12.3 Å². The van der Waals surface area contributed by atoms with Crippen molar-refractivity contribution >= 4 is 11.9 Å². The molecule has 1 atom stereocenters. The molecule has 0 aliphatic carbocycles. The fraction of sp³-hybridized carbons (Fsp3) is 0.533. The number of aryl methyl sites for hydroxylation is 1. The molecule has 1 heterocycles. The Hall–Kier alpha value is -2.11. The fourth-order valence-corrected chi connectivity index (χ4v) is 2.24. The first kappa shape index (κ1) is 16.9. The van der Waals surface area contributed by atoms with Crippen molar-refractivity contribution in [3.63, 3.8) is 0 Å². The lowest BCUT2D eigenvalue weighted by atomic mass is 9.94. The highest BCUT2D eigenvalue weighted by atomic mass is 16.4. The number of H-pyrrole nitrogens is 1. The van der Waals surface area contributed by atoms with Gasteiger partial charge in [-0.3, -0.25) is 14.4 Å². The second kappa shape index (κ2) is 7.61. The van der Waals surface area contributed by atoms with Gasteiger partial charge >= 0.3 is 5.97 Å². The van der Waals surface area contributed by atoms with Gasteiger partial charge in [-0.25, -0.2) is 0 Å². The van der Waals surface area contributed by atoms with Crippen LogP contribution in [-0.4, -0.2) is 28.5 Å². The number of carbonyl (C=O) groups excluding carboxylic acids is 1. The number of amides is 1. The Kier molecular flexibility index (Phi) is 6.14. The summed E-state index contributed by atoms with van der Waals surface area (Å²) in [5.74, 6) is -1.16. The fourth-order valence-electron chi connectivity index (χ4n) is 2.24. The van der Waals surface area contributed by atoms with E-state index in [9.17, 15) is 14.4 Å². The van der Waals surface area contributed by atoms with Crippen LogP contribution in [0.25, 0.3) is 0 Å². The predicted octanol–water partition coefficient (Wildman–Crippen LogP) is 1.55. The van der Waals surface area contributed by atoms with Gasteiger partial charge in [-0.05, 0) is 25.2 Å². The van der Waals surface area contributed by atoms with E-state index in [4.69, 9.17) is 5.11 Å². The van der Waals surface area contributed by atoms with Crippen molar-refractivity contribution in [1.29, 1.82) is 0 Å². The summed E-state index contributed by atoms with van der Waals surface area (Å²) in [7, 11) is 0. The second-order valence-corrected chi connectivity index (χ2v) is 5.70. The monoisotopic (exact) mass is 294 g/mol. The molecule has 1 amide bonds. The summed E-state index contributed by atoms with van der Waals surface area (Å²) in [6, 6.07) is 1.36. The van der Waals surface area contributed by atoms with Gasteiger partial charge in [0.1, 0.15) is 5.56 Å². The first-order valence-electron chi connectivity index (χ1n) is 6.99. The SMILES string of the molecule is Cc1cc(=O)c(C(=O)NC[C@H](CC(=O)O)CC(C)C)c[nH]1. The van der Waals surface area contributed by atoms with E-state index in [0.717, 1.165) is 0 Å². The zero-order valence-electron chi connectivity index (χ0n) is 12.6. The molecule has 3 N–H and O–H groups in total. The zero-order valence-corrected chi connectivity index (χ0v) is 12.6. The van der Waals surface area contributed by atoms with E-state index in [1.807, 2.05) is 13.8 Å². The van der Waals surface area contributed by atoms with Gasteiger partial charge in [0.05, 0.1) is 0 Å². The molecular weight excluding hydrogens is 272 g/mol. The summed E-state index contributed by atoms with van der Waals surface area (Å²) in [5.41, 5.74) is 0.377. The van der Waals surface area contributed by atoms with Crippen molar-refractivity contribution in [3.8, 4) is 0 Å². The Bertz CT molecular complexity index is 563. The first-order chi connectivity index (χ1) is 9.79. The van der Waals surface area contributed by atoms with E-state index in [2.05, 4.69) is 10.3 Å². The number of nitrogens with one attached hydrogen (secondary N) is 2. The van der Waals surface area contributed by atoms with Crippen molar-refractivity contribution in [3.05, 3.63) is 33.7 Å². The molecule has 6 heteroatoms. The highest BCUT2D eigenvalue weighted by Crippen LogP contribution is 2.14. The maximum atomic E-state index is 12.0. The third kappa shape index (κ3) is 5.81. The van der Waals surface area contributed by atoms with Gasteiger partial charge in [0.2, 0.25) is 0 Å². The van der Waals surface area contributed by atoms with E-state index in [-0.39, 0.29) is 29.9 Å². The molecule has 0 aliphatic rings. The number of rotatable bonds is 7. The standard InChI is InChI=1S/C15H22N2O4/c1-9(2)4-11(6-14(19)20)7-17-15(21)12-8-16-10(3)5-13(12)18/h5,8-9,11H,4,6-7H2,1-3H3,(H,16,18)(H,17,21)(H,19,20)/t11-/m0/s1. The smallest absolute Gasteiger partial charge is 0.303 e. The van der Waals surface area contributed by atoms with Crippen LogP contribution < -0.4 is 10.7 Å². The predicted molar refractivity (Wildman–Crippen MR) is 79.3 cm³/mol. The Morgan fingerprint density at radius 2 is 2.05 bits per heavy atom. The van der Waals surface area contributed by atoms with Crippen LogP contribution >= 0.6 is 0 Å². The molecule has 6 nitrogen and oxygen atoms in total. The minimum atomic E-state index is -0.886. The Morgan fingerprint density at radius 3 is 2.57 bits per heavy atom. The lowest BCUT2D eigenvalue weighted by Gasteiger charge is -2.17. The van der Waals surface area contributed by atoms with Crippen molar-refractivity contribution in [2.75, 3.05) is 6.54 Å². The summed E-state index contributed by atoms with van der Waals surface area (Å²) in [6.07, 6.45) is 2.08. The van der Waals surface area contributed by atoms with E-state index >= 15 is 0 Å². The second-order valence-electron chi connectivity index (χ2n) is 5.70. The third-order valence-electron chi connectivity index (χ3n) is 3.12. The molecule has 0 saturated heterocycles. The Balaban J connectivity index is 2.68. The van der Waals surface area contributed by atoms with Crippen LogP contribution in [0.15, 0.2) is 17.1 Å². The lowest BCUT2D eigenvalue weighted by molar-refractivity contribution is -0.138. The summed E-state index contributed by atoms with van der Waals surface area (Å²) >= 11 is 0. The molecule has 0 aromatic carbocycles. The van der Waals surface area contributed by atoms with Crippen LogP contribution in [-0.2, 0) is 4.79 Å². The number of aromatic amines is 1. The van der Waals surface area contributed by atoms with Crippen molar-refractivity contribution in [2.24, 2.45) is 11.8 Å². The third-order valence-corrected chi connectivity index (χ3v) is 3.12. The van der Waals surface area contributed by atoms with Gasteiger partial charge in [-0.2, -0.15) is 0 Å². The number of carboxylic acids is 1.